The summed E-state index contributed by atoms with van der Waals surface area (Å²) in [6, 6.07) is 14.5. The van der Waals surface area contributed by atoms with E-state index in [-0.39, 0.29) is 11.8 Å². The normalized spacial score (nSPS) is 10.1. The summed E-state index contributed by atoms with van der Waals surface area (Å²) in [6.45, 7) is 2.05. The number of rotatable bonds is 6. The molecule has 5 nitrogen and oxygen atoms in total. The number of nitrogens with zero attached hydrogens (tertiary/aromatic N) is 1. The Bertz CT molecular complexity index is 728. The first-order chi connectivity index (χ1) is 11.5. The molecule has 2 rings (SSSR count). The molecule has 0 aliphatic carbocycles. The molecule has 0 aromatic heterocycles. The molecule has 0 radical (unpaired) electrons. The smallest absolute Gasteiger partial charge is 0.321 e. The van der Waals surface area contributed by atoms with Crippen molar-refractivity contribution in [1.82, 2.24) is 4.90 Å². The van der Waals surface area contributed by atoms with Gasteiger partial charge in [-0.15, -0.1) is 0 Å². The monoisotopic (exact) mass is 326 g/mol. The zero-order valence-corrected chi connectivity index (χ0v) is 14.2. The molecule has 0 unspecified atom stereocenters. The Balaban J connectivity index is 1.95. The van der Waals surface area contributed by atoms with E-state index in [1.54, 1.807) is 43.3 Å². The number of benzene rings is 2. The van der Waals surface area contributed by atoms with Crippen LogP contribution in [-0.4, -0.2) is 37.4 Å². The van der Waals surface area contributed by atoms with Gasteiger partial charge in [-0.05, 0) is 37.1 Å². The largest absolute Gasteiger partial charge is 0.496 e. The predicted octanol–water partition coefficient (Wildman–Crippen LogP) is 3.60. The topological polar surface area (TPSA) is 58.6 Å². The lowest BCUT2D eigenvalue weighted by molar-refractivity contribution is 0.101. The van der Waals surface area contributed by atoms with Gasteiger partial charge < -0.3 is 15.0 Å². The summed E-state index contributed by atoms with van der Waals surface area (Å²) in [5.41, 5.74) is 2.24. The fourth-order valence-electron chi connectivity index (χ4n) is 2.33. The van der Waals surface area contributed by atoms with E-state index in [0.717, 1.165) is 11.3 Å². The number of nitrogens with one attached hydrogen (secondary N) is 1. The summed E-state index contributed by atoms with van der Waals surface area (Å²) in [4.78, 5) is 25.3. The summed E-state index contributed by atoms with van der Waals surface area (Å²) in [5.74, 6) is 0.788. The second-order valence-corrected chi connectivity index (χ2v) is 5.55. The van der Waals surface area contributed by atoms with Crippen molar-refractivity contribution in [2.24, 2.45) is 0 Å². The fraction of sp³-hybridized carbons (Fsp3) is 0.263. The van der Waals surface area contributed by atoms with Gasteiger partial charge in [-0.1, -0.05) is 30.3 Å². The zero-order valence-electron chi connectivity index (χ0n) is 14.2. The molecule has 126 valence electrons. The second-order valence-electron chi connectivity index (χ2n) is 5.55. The van der Waals surface area contributed by atoms with Crippen LogP contribution >= 0.6 is 0 Å². The van der Waals surface area contributed by atoms with Gasteiger partial charge in [-0.2, -0.15) is 0 Å². The highest BCUT2D eigenvalue weighted by Crippen LogP contribution is 2.18. The van der Waals surface area contributed by atoms with E-state index in [1.165, 1.54) is 6.92 Å². The Labute approximate surface area is 142 Å². The molecule has 0 atom stereocenters. The number of methoxy groups -OCH3 is 1. The first kappa shape index (κ1) is 17.5. The van der Waals surface area contributed by atoms with Gasteiger partial charge in [0.1, 0.15) is 5.75 Å². The fourth-order valence-corrected chi connectivity index (χ4v) is 2.33. The van der Waals surface area contributed by atoms with E-state index in [1.807, 2.05) is 24.3 Å². The third-order valence-electron chi connectivity index (χ3n) is 3.78. The highest BCUT2D eigenvalue weighted by atomic mass is 16.5. The number of hydrogen-bond donors (Lipinski definition) is 1. The quantitative estimate of drug-likeness (QED) is 0.825. The molecule has 0 spiro atoms. The molecular formula is C19H22N2O3. The van der Waals surface area contributed by atoms with E-state index in [0.29, 0.717) is 24.2 Å². The molecule has 0 saturated carbocycles. The van der Waals surface area contributed by atoms with Gasteiger partial charge in [0.25, 0.3) is 0 Å². The van der Waals surface area contributed by atoms with Crippen molar-refractivity contribution in [3.05, 3.63) is 59.7 Å². The highest BCUT2D eigenvalue weighted by molar-refractivity contribution is 5.96. The SMILES string of the molecule is COc1ccccc1CCN(C)C(=O)Nc1cccc(C(C)=O)c1. The summed E-state index contributed by atoms with van der Waals surface area (Å²) in [7, 11) is 3.37. The Morgan fingerprint density at radius 1 is 1.12 bits per heavy atom. The van der Waals surface area contributed by atoms with E-state index in [4.69, 9.17) is 4.74 Å². The maximum absolute atomic E-state index is 12.3. The number of carbonyl (C=O) groups is 2. The maximum Gasteiger partial charge on any atom is 0.321 e. The van der Waals surface area contributed by atoms with E-state index < -0.39 is 0 Å². The molecule has 0 heterocycles. The molecule has 0 saturated heterocycles. The molecule has 0 aliphatic heterocycles. The summed E-state index contributed by atoms with van der Waals surface area (Å²) < 4.78 is 5.32. The van der Waals surface area contributed by atoms with Crippen LogP contribution in [0.3, 0.4) is 0 Å². The van der Waals surface area contributed by atoms with Gasteiger partial charge in [-0.3, -0.25) is 4.79 Å². The van der Waals surface area contributed by atoms with Crippen molar-refractivity contribution in [3.8, 4) is 5.75 Å². The number of anilines is 1. The molecule has 2 aromatic carbocycles. The molecule has 24 heavy (non-hydrogen) atoms. The number of para-hydroxylation sites is 1. The number of ether oxygens (including phenoxy) is 1. The number of hydrogen-bond acceptors (Lipinski definition) is 3. The molecule has 0 fully saturated rings. The van der Waals surface area contributed by atoms with Gasteiger partial charge in [0.15, 0.2) is 5.78 Å². The van der Waals surface area contributed by atoms with Crippen molar-refractivity contribution in [2.75, 3.05) is 26.0 Å². The van der Waals surface area contributed by atoms with Gasteiger partial charge >= 0.3 is 6.03 Å². The number of ketones is 1. The molecule has 1 N–H and O–H groups in total. The number of carbonyl (C=O) groups excluding carboxylic acids is 2. The Kier molecular flexibility index (Phi) is 5.95. The highest BCUT2D eigenvalue weighted by Gasteiger charge is 2.11. The minimum atomic E-state index is -0.217. The third kappa shape index (κ3) is 4.59. The Morgan fingerprint density at radius 3 is 2.58 bits per heavy atom. The molecular weight excluding hydrogens is 304 g/mol. The van der Waals surface area contributed by atoms with Crippen LogP contribution in [0.25, 0.3) is 0 Å². The van der Waals surface area contributed by atoms with Gasteiger partial charge in [0, 0.05) is 24.8 Å². The zero-order chi connectivity index (χ0) is 17.5. The number of amides is 2. The maximum atomic E-state index is 12.3. The van der Waals surface area contributed by atoms with Crippen LogP contribution in [-0.2, 0) is 6.42 Å². The van der Waals surface area contributed by atoms with E-state index in [2.05, 4.69) is 5.32 Å². The summed E-state index contributed by atoms with van der Waals surface area (Å²) >= 11 is 0. The van der Waals surface area contributed by atoms with E-state index in [9.17, 15) is 9.59 Å². The average Bonchev–Trinajstić information content (AvgIpc) is 2.60. The van der Waals surface area contributed by atoms with Crippen LogP contribution in [0.1, 0.15) is 22.8 Å². The Hall–Kier alpha value is -2.82. The summed E-state index contributed by atoms with van der Waals surface area (Å²) in [5, 5.41) is 2.81. The molecule has 2 amide bonds. The Morgan fingerprint density at radius 2 is 1.88 bits per heavy atom. The number of Topliss-reactive ketones (excluding diaryl/α,β-unsaturated/α-hetero) is 1. The number of likely N-dealkylation sites (N-methyl/N-ethyl adjacent to an activating group) is 1. The van der Waals surface area contributed by atoms with Crippen molar-refractivity contribution in [2.45, 2.75) is 13.3 Å². The third-order valence-corrected chi connectivity index (χ3v) is 3.78. The molecule has 0 bridgehead atoms. The second kappa shape index (κ2) is 8.15. The van der Waals surface area contributed by atoms with Crippen molar-refractivity contribution >= 4 is 17.5 Å². The minimum Gasteiger partial charge on any atom is -0.496 e. The lowest BCUT2D eigenvalue weighted by Gasteiger charge is -2.19. The van der Waals surface area contributed by atoms with Crippen molar-refractivity contribution in [3.63, 3.8) is 0 Å². The van der Waals surface area contributed by atoms with Crippen LogP contribution in [0.5, 0.6) is 5.75 Å². The molecule has 5 heteroatoms. The molecule has 2 aromatic rings. The minimum absolute atomic E-state index is 0.0318. The van der Waals surface area contributed by atoms with Gasteiger partial charge in [-0.25, -0.2) is 4.79 Å². The van der Waals surface area contributed by atoms with Gasteiger partial charge in [0.2, 0.25) is 0 Å². The van der Waals surface area contributed by atoms with Crippen LogP contribution < -0.4 is 10.1 Å². The first-order valence-electron chi connectivity index (χ1n) is 7.76. The number of urea groups is 1. The average molecular weight is 326 g/mol. The van der Waals surface area contributed by atoms with Crippen LogP contribution in [0.15, 0.2) is 48.5 Å². The van der Waals surface area contributed by atoms with Crippen LogP contribution in [0.4, 0.5) is 10.5 Å². The van der Waals surface area contributed by atoms with E-state index >= 15 is 0 Å². The molecule has 0 aliphatic rings. The van der Waals surface area contributed by atoms with Gasteiger partial charge in [0.05, 0.1) is 7.11 Å². The summed E-state index contributed by atoms with van der Waals surface area (Å²) in [6.07, 6.45) is 0.696. The van der Waals surface area contributed by atoms with Crippen molar-refractivity contribution < 1.29 is 14.3 Å². The van der Waals surface area contributed by atoms with Crippen LogP contribution in [0.2, 0.25) is 0 Å². The lowest BCUT2D eigenvalue weighted by Crippen LogP contribution is -2.33. The van der Waals surface area contributed by atoms with Crippen molar-refractivity contribution in [1.29, 1.82) is 0 Å². The van der Waals surface area contributed by atoms with Crippen LogP contribution in [0, 0.1) is 0 Å². The predicted molar refractivity (Wildman–Crippen MR) is 94.8 cm³/mol. The first-order valence-corrected chi connectivity index (χ1v) is 7.76. The lowest BCUT2D eigenvalue weighted by atomic mass is 10.1. The standard InChI is InChI=1S/C19H22N2O3/c1-14(22)16-8-6-9-17(13-16)20-19(23)21(2)12-11-15-7-4-5-10-18(15)24-3/h4-10,13H,11-12H2,1-3H3,(H,20,23).